The Morgan fingerprint density at radius 2 is 2.15 bits per heavy atom. The van der Waals surface area contributed by atoms with Gasteiger partial charge in [0.2, 0.25) is 0 Å². The average molecular weight is 362 g/mol. The topological polar surface area (TPSA) is 78.7 Å². The molecule has 2 aliphatic heterocycles. The van der Waals surface area contributed by atoms with Gasteiger partial charge in [0, 0.05) is 38.8 Å². The molecule has 0 spiro atoms. The van der Waals surface area contributed by atoms with Crippen molar-refractivity contribution in [1.82, 2.24) is 24.5 Å². The monoisotopic (exact) mass is 362 g/mol. The fourth-order valence-electron chi connectivity index (χ4n) is 3.94. The van der Waals surface area contributed by atoms with Crippen LogP contribution in [0.4, 0.5) is 0 Å². The van der Waals surface area contributed by atoms with Crippen LogP contribution in [-0.2, 0) is 19.5 Å². The molecule has 0 bridgehead atoms. The summed E-state index contributed by atoms with van der Waals surface area (Å²) in [5.41, 5.74) is 4.74. The molecule has 3 aromatic rings. The first-order chi connectivity index (χ1) is 13.3. The molecule has 0 aliphatic carbocycles. The number of pyridine rings is 1. The number of rotatable bonds is 3. The summed E-state index contributed by atoms with van der Waals surface area (Å²) in [4.78, 5) is 27.2. The first kappa shape index (κ1) is 16.4. The van der Waals surface area contributed by atoms with Gasteiger partial charge in [0.15, 0.2) is 5.82 Å². The molecule has 0 unspecified atom stereocenters. The lowest BCUT2D eigenvalue weighted by atomic mass is 10.0. The highest BCUT2D eigenvalue weighted by Crippen LogP contribution is 2.18. The SMILES string of the molecule is O=c1[nH]c(C2=NCCCC2)nc2c1CN(Cc1cc3ccccn3n1)CC2. The summed E-state index contributed by atoms with van der Waals surface area (Å²) in [7, 11) is 0. The summed E-state index contributed by atoms with van der Waals surface area (Å²) < 4.78 is 1.89. The number of nitrogens with zero attached hydrogens (tertiary/aromatic N) is 5. The number of aliphatic imine (C=N–C) groups is 1. The van der Waals surface area contributed by atoms with E-state index in [1.165, 1.54) is 0 Å². The van der Waals surface area contributed by atoms with Crippen LogP contribution < -0.4 is 5.56 Å². The van der Waals surface area contributed by atoms with Crippen LogP contribution in [0.5, 0.6) is 0 Å². The van der Waals surface area contributed by atoms with Crippen LogP contribution in [0.2, 0.25) is 0 Å². The van der Waals surface area contributed by atoms with Gasteiger partial charge in [-0.15, -0.1) is 0 Å². The van der Waals surface area contributed by atoms with Gasteiger partial charge in [0.05, 0.1) is 28.2 Å². The molecule has 7 nitrogen and oxygen atoms in total. The highest BCUT2D eigenvalue weighted by Gasteiger charge is 2.23. The Balaban J connectivity index is 1.37. The molecule has 27 heavy (non-hydrogen) atoms. The Bertz CT molecular complexity index is 1050. The lowest BCUT2D eigenvalue weighted by Crippen LogP contribution is -2.36. The van der Waals surface area contributed by atoms with E-state index in [1.54, 1.807) is 0 Å². The van der Waals surface area contributed by atoms with E-state index in [9.17, 15) is 4.79 Å². The summed E-state index contributed by atoms with van der Waals surface area (Å²) >= 11 is 0. The molecule has 0 aromatic carbocycles. The second-order valence-electron chi connectivity index (χ2n) is 7.29. The Hall–Kier alpha value is -2.80. The van der Waals surface area contributed by atoms with Crippen molar-refractivity contribution < 1.29 is 0 Å². The van der Waals surface area contributed by atoms with Gasteiger partial charge in [0.25, 0.3) is 5.56 Å². The van der Waals surface area contributed by atoms with Gasteiger partial charge in [0.1, 0.15) is 0 Å². The van der Waals surface area contributed by atoms with Crippen LogP contribution in [-0.4, -0.2) is 43.3 Å². The minimum absolute atomic E-state index is 0.0250. The Morgan fingerprint density at radius 1 is 1.19 bits per heavy atom. The van der Waals surface area contributed by atoms with Crippen molar-refractivity contribution in [2.75, 3.05) is 13.1 Å². The molecule has 2 aliphatic rings. The lowest BCUT2D eigenvalue weighted by Gasteiger charge is -2.27. The van der Waals surface area contributed by atoms with Crippen LogP contribution in [0.15, 0.2) is 40.2 Å². The molecule has 0 saturated heterocycles. The van der Waals surface area contributed by atoms with E-state index in [1.807, 2.05) is 28.9 Å². The van der Waals surface area contributed by atoms with E-state index < -0.39 is 0 Å². The molecule has 0 fully saturated rings. The Labute approximate surface area is 156 Å². The number of aromatic nitrogens is 4. The fraction of sp³-hybridized carbons (Fsp3) is 0.400. The van der Waals surface area contributed by atoms with Gasteiger partial charge in [-0.2, -0.15) is 5.10 Å². The van der Waals surface area contributed by atoms with Crippen molar-refractivity contribution in [1.29, 1.82) is 0 Å². The van der Waals surface area contributed by atoms with Crippen molar-refractivity contribution in [2.24, 2.45) is 4.99 Å². The van der Waals surface area contributed by atoms with Gasteiger partial charge in [-0.3, -0.25) is 14.7 Å². The maximum Gasteiger partial charge on any atom is 0.255 e. The number of aromatic amines is 1. The van der Waals surface area contributed by atoms with E-state index in [2.05, 4.69) is 26.0 Å². The van der Waals surface area contributed by atoms with Gasteiger partial charge in [-0.05, 0) is 37.5 Å². The summed E-state index contributed by atoms with van der Waals surface area (Å²) in [6.07, 6.45) is 5.88. The molecule has 5 rings (SSSR count). The van der Waals surface area contributed by atoms with Crippen LogP contribution in [0.1, 0.15) is 42.0 Å². The standard InChI is InChI=1S/C20H22N6O/c27-20-16-13-25(12-14-11-15-5-2-4-9-26(15)24-14)10-7-17(16)22-19(23-20)18-6-1-3-8-21-18/h2,4-5,9,11H,1,3,6-8,10,12-13H2,(H,22,23,27). The molecule has 0 atom stereocenters. The van der Waals surface area contributed by atoms with Gasteiger partial charge in [-0.25, -0.2) is 9.50 Å². The van der Waals surface area contributed by atoms with E-state index in [0.717, 1.165) is 73.5 Å². The van der Waals surface area contributed by atoms with Crippen LogP contribution in [0.25, 0.3) is 5.52 Å². The molecule has 3 aromatic heterocycles. The quantitative estimate of drug-likeness (QED) is 0.772. The third kappa shape index (κ3) is 3.19. The maximum atomic E-state index is 12.7. The number of H-pyrrole nitrogens is 1. The second-order valence-corrected chi connectivity index (χ2v) is 7.29. The average Bonchev–Trinajstić information content (AvgIpc) is 3.11. The van der Waals surface area contributed by atoms with Crippen LogP contribution in [0.3, 0.4) is 0 Å². The molecule has 0 saturated carbocycles. The van der Waals surface area contributed by atoms with Gasteiger partial charge < -0.3 is 4.98 Å². The van der Waals surface area contributed by atoms with Gasteiger partial charge in [-0.1, -0.05) is 6.07 Å². The van der Waals surface area contributed by atoms with Crippen molar-refractivity contribution in [2.45, 2.75) is 38.8 Å². The van der Waals surface area contributed by atoms with Crippen molar-refractivity contribution in [3.8, 4) is 0 Å². The zero-order valence-corrected chi connectivity index (χ0v) is 15.2. The van der Waals surface area contributed by atoms with E-state index >= 15 is 0 Å². The van der Waals surface area contributed by atoms with Crippen LogP contribution >= 0.6 is 0 Å². The third-order valence-corrected chi connectivity index (χ3v) is 5.35. The predicted octanol–water partition coefficient (Wildman–Crippen LogP) is 1.95. The minimum atomic E-state index is -0.0250. The number of hydrogen-bond donors (Lipinski definition) is 1. The largest absolute Gasteiger partial charge is 0.305 e. The van der Waals surface area contributed by atoms with E-state index in [-0.39, 0.29) is 5.56 Å². The zero-order valence-electron chi connectivity index (χ0n) is 15.2. The summed E-state index contributed by atoms with van der Waals surface area (Å²) in [6.45, 7) is 3.06. The zero-order chi connectivity index (χ0) is 18.2. The number of nitrogens with one attached hydrogen (secondary N) is 1. The molecule has 5 heterocycles. The first-order valence-electron chi connectivity index (χ1n) is 9.58. The number of hydrogen-bond acceptors (Lipinski definition) is 5. The third-order valence-electron chi connectivity index (χ3n) is 5.35. The number of fused-ring (bicyclic) bond motifs is 2. The van der Waals surface area contributed by atoms with Gasteiger partial charge >= 0.3 is 0 Å². The Kier molecular flexibility index (Phi) is 4.09. The highest BCUT2D eigenvalue weighted by atomic mass is 16.1. The molecule has 0 amide bonds. The van der Waals surface area contributed by atoms with Crippen molar-refractivity contribution in [3.05, 3.63) is 63.6 Å². The summed E-state index contributed by atoms with van der Waals surface area (Å²) in [6, 6.07) is 8.13. The van der Waals surface area contributed by atoms with E-state index in [4.69, 9.17) is 4.98 Å². The smallest absolute Gasteiger partial charge is 0.255 e. The molecular weight excluding hydrogens is 340 g/mol. The van der Waals surface area contributed by atoms with E-state index in [0.29, 0.717) is 12.4 Å². The molecule has 1 N–H and O–H groups in total. The molecule has 138 valence electrons. The molecular formula is C20H22N6O. The van der Waals surface area contributed by atoms with Crippen molar-refractivity contribution in [3.63, 3.8) is 0 Å². The summed E-state index contributed by atoms with van der Waals surface area (Å²) in [5.74, 6) is 0.673. The minimum Gasteiger partial charge on any atom is -0.305 e. The predicted molar refractivity (Wildman–Crippen MR) is 103 cm³/mol. The second kappa shape index (κ2) is 6.74. The lowest BCUT2D eigenvalue weighted by molar-refractivity contribution is 0.238. The van der Waals surface area contributed by atoms with Crippen LogP contribution in [0, 0.1) is 0 Å². The maximum absolute atomic E-state index is 12.7. The molecule has 0 radical (unpaired) electrons. The molecule has 7 heteroatoms. The fourth-order valence-corrected chi connectivity index (χ4v) is 3.94. The Morgan fingerprint density at radius 3 is 3.00 bits per heavy atom. The van der Waals surface area contributed by atoms with Crippen molar-refractivity contribution >= 4 is 11.2 Å². The summed E-state index contributed by atoms with van der Waals surface area (Å²) in [5, 5.41) is 4.62. The first-order valence-corrected chi connectivity index (χ1v) is 9.58. The normalized spacial score (nSPS) is 17.7. The highest BCUT2D eigenvalue weighted by molar-refractivity contribution is 5.97.